The number of carboxylic acid groups (broad SMARTS) is 1. The van der Waals surface area contributed by atoms with Gasteiger partial charge in [-0.2, -0.15) is 0 Å². The summed E-state index contributed by atoms with van der Waals surface area (Å²) in [7, 11) is 1.83. The maximum absolute atomic E-state index is 12.0. The number of carbonyl (C=O) groups is 2. The van der Waals surface area contributed by atoms with E-state index in [2.05, 4.69) is 13.8 Å². The maximum Gasteiger partial charge on any atom is 0.320 e. The second-order valence-electron chi connectivity index (χ2n) is 5.52. The Bertz CT molecular complexity index is 337. The molecule has 2 amide bonds. The van der Waals surface area contributed by atoms with Gasteiger partial charge in [0.15, 0.2) is 0 Å². The molecule has 2 rings (SSSR count). The van der Waals surface area contributed by atoms with Crippen LogP contribution in [-0.2, 0) is 4.79 Å². The summed E-state index contributed by atoms with van der Waals surface area (Å²) in [6, 6.07) is 0.443. The molecule has 5 nitrogen and oxygen atoms in total. The molecule has 0 radical (unpaired) electrons. The predicted molar refractivity (Wildman–Crippen MR) is 62.6 cm³/mol. The summed E-state index contributed by atoms with van der Waals surface area (Å²) in [6.45, 7) is 4.96. The van der Waals surface area contributed by atoms with E-state index < -0.39 is 5.97 Å². The lowest BCUT2D eigenvalue weighted by atomic mass is 9.79. The van der Waals surface area contributed by atoms with E-state index in [9.17, 15) is 9.59 Å². The third kappa shape index (κ3) is 1.98. The molecule has 1 saturated heterocycles. The highest BCUT2D eigenvalue weighted by Crippen LogP contribution is 2.35. The van der Waals surface area contributed by atoms with E-state index >= 15 is 0 Å². The van der Waals surface area contributed by atoms with Gasteiger partial charge in [0.1, 0.15) is 0 Å². The van der Waals surface area contributed by atoms with Crippen molar-refractivity contribution in [1.82, 2.24) is 9.80 Å². The molecule has 1 unspecified atom stereocenters. The van der Waals surface area contributed by atoms with E-state index in [1.165, 1.54) is 0 Å². The maximum atomic E-state index is 12.0. The molecule has 96 valence electrons. The molecular weight excluding hydrogens is 220 g/mol. The molecule has 0 aromatic heterocycles. The quantitative estimate of drug-likeness (QED) is 0.807. The molecule has 0 spiro atoms. The van der Waals surface area contributed by atoms with Crippen LogP contribution < -0.4 is 0 Å². The van der Waals surface area contributed by atoms with E-state index in [-0.39, 0.29) is 24.0 Å². The third-order valence-corrected chi connectivity index (χ3v) is 4.10. The topological polar surface area (TPSA) is 60.9 Å². The Balaban J connectivity index is 1.96. The Morgan fingerprint density at radius 3 is 2.41 bits per heavy atom. The molecule has 0 aromatic rings. The molecule has 0 bridgehead atoms. The fourth-order valence-corrected chi connectivity index (χ4v) is 2.75. The van der Waals surface area contributed by atoms with Crippen molar-refractivity contribution in [3.8, 4) is 0 Å². The van der Waals surface area contributed by atoms with Crippen LogP contribution in [0.25, 0.3) is 0 Å². The van der Waals surface area contributed by atoms with Crippen molar-refractivity contribution in [3.63, 3.8) is 0 Å². The second-order valence-corrected chi connectivity index (χ2v) is 5.52. The minimum Gasteiger partial charge on any atom is -0.481 e. The van der Waals surface area contributed by atoms with Crippen LogP contribution in [0.15, 0.2) is 0 Å². The van der Waals surface area contributed by atoms with Gasteiger partial charge >= 0.3 is 12.0 Å². The predicted octanol–water partition coefficient (Wildman–Crippen LogP) is 1.24. The van der Waals surface area contributed by atoms with Crippen molar-refractivity contribution in [1.29, 1.82) is 0 Å². The first-order valence-corrected chi connectivity index (χ1v) is 6.18. The molecule has 1 saturated carbocycles. The largest absolute Gasteiger partial charge is 0.481 e. The van der Waals surface area contributed by atoms with Gasteiger partial charge in [-0.25, -0.2) is 4.79 Å². The Kier molecular flexibility index (Phi) is 3.02. The molecule has 1 N–H and O–H groups in total. The summed E-state index contributed by atoms with van der Waals surface area (Å²) in [5.74, 6) is -0.554. The first kappa shape index (κ1) is 12.2. The fourth-order valence-electron chi connectivity index (χ4n) is 2.75. The number of aliphatic carboxylic acids is 1. The number of rotatable bonds is 3. The average molecular weight is 240 g/mol. The summed E-state index contributed by atoms with van der Waals surface area (Å²) in [6.07, 6.45) is 1.22. The summed E-state index contributed by atoms with van der Waals surface area (Å²) in [5.41, 5.74) is 0. The first-order chi connectivity index (χ1) is 7.91. The number of urea groups is 1. The van der Waals surface area contributed by atoms with Crippen LogP contribution in [0.1, 0.15) is 26.7 Å². The minimum atomic E-state index is -0.735. The van der Waals surface area contributed by atoms with Crippen molar-refractivity contribution in [2.45, 2.75) is 38.8 Å². The van der Waals surface area contributed by atoms with E-state index in [0.717, 1.165) is 6.54 Å². The molecule has 2 fully saturated rings. The lowest BCUT2D eigenvalue weighted by molar-refractivity contribution is -0.146. The van der Waals surface area contributed by atoms with E-state index in [1.54, 1.807) is 4.90 Å². The van der Waals surface area contributed by atoms with Gasteiger partial charge in [0, 0.05) is 19.6 Å². The lowest BCUT2D eigenvalue weighted by Crippen LogP contribution is -2.48. The number of hydrogen-bond donors (Lipinski definition) is 1. The zero-order valence-corrected chi connectivity index (χ0v) is 10.6. The standard InChI is InChI=1S/C12H20N2O3/c1-7(2)10-6-14(12(17)13(10)3)9-4-8(5-9)11(15)16/h7-10H,4-6H2,1-3H3,(H,15,16). The molecule has 5 heteroatoms. The Morgan fingerprint density at radius 2 is 2.00 bits per heavy atom. The molecule has 1 atom stereocenters. The zero-order chi connectivity index (χ0) is 12.7. The molecule has 1 heterocycles. The van der Waals surface area contributed by atoms with Gasteiger partial charge in [0.05, 0.1) is 12.0 Å². The Morgan fingerprint density at radius 1 is 1.41 bits per heavy atom. The van der Waals surface area contributed by atoms with Crippen LogP contribution in [-0.4, -0.2) is 52.6 Å². The minimum absolute atomic E-state index is 0.0533. The van der Waals surface area contributed by atoms with Crippen molar-refractivity contribution in [2.75, 3.05) is 13.6 Å². The molecule has 17 heavy (non-hydrogen) atoms. The molecule has 0 aromatic carbocycles. The van der Waals surface area contributed by atoms with Crippen molar-refractivity contribution in [3.05, 3.63) is 0 Å². The monoisotopic (exact) mass is 240 g/mol. The van der Waals surface area contributed by atoms with Gasteiger partial charge in [-0.05, 0) is 18.8 Å². The van der Waals surface area contributed by atoms with Crippen LogP contribution in [0.2, 0.25) is 0 Å². The van der Waals surface area contributed by atoms with E-state index in [1.807, 2.05) is 11.9 Å². The normalized spacial score (nSPS) is 33.2. The van der Waals surface area contributed by atoms with Crippen molar-refractivity contribution in [2.24, 2.45) is 11.8 Å². The van der Waals surface area contributed by atoms with Crippen LogP contribution in [0.3, 0.4) is 0 Å². The zero-order valence-electron chi connectivity index (χ0n) is 10.6. The van der Waals surface area contributed by atoms with E-state index in [4.69, 9.17) is 5.11 Å². The van der Waals surface area contributed by atoms with Crippen LogP contribution >= 0.6 is 0 Å². The highest BCUT2D eigenvalue weighted by atomic mass is 16.4. The number of nitrogens with zero attached hydrogens (tertiary/aromatic N) is 2. The molecule has 1 aliphatic carbocycles. The van der Waals surface area contributed by atoms with Gasteiger partial charge < -0.3 is 14.9 Å². The van der Waals surface area contributed by atoms with Gasteiger partial charge in [0.25, 0.3) is 0 Å². The van der Waals surface area contributed by atoms with Gasteiger partial charge in [-0.15, -0.1) is 0 Å². The Hall–Kier alpha value is -1.26. The SMILES string of the molecule is CC(C)C1CN(C2CC(C(=O)O)C2)C(=O)N1C. The van der Waals surface area contributed by atoms with Gasteiger partial charge in [-0.3, -0.25) is 4.79 Å². The average Bonchev–Trinajstić information content (AvgIpc) is 2.43. The summed E-state index contributed by atoms with van der Waals surface area (Å²) in [4.78, 5) is 26.4. The lowest BCUT2D eigenvalue weighted by Gasteiger charge is -2.38. The van der Waals surface area contributed by atoms with Crippen molar-refractivity contribution < 1.29 is 14.7 Å². The van der Waals surface area contributed by atoms with Crippen LogP contribution in [0.5, 0.6) is 0 Å². The number of carboxylic acids is 1. The number of amides is 2. The molecule has 2 aliphatic rings. The van der Waals surface area contributed by atoms with Gasteiger partial charge in [-0.1, -0.05) is 13.8 Å². The number of hydrogen-bond acceptors (Lipinski definition) is 2. The summed E-state index contributed by atoms with van der Waals surface area (Å²) >= 11 is 0. The first-order valence-electron chi connectivity index (χ1n) is 6.18. The fraction of sp³-hybridized carbons (Fsp3) is 0.833. The third-order valence-electron chi connectivity index (χ3n) is 4.10. The Labute approximate surface area is 101 Å². The molecule has 1 aliphatic heterocycles. The summed E-state index contributed by atoms with van der Waals surface area (Å²) in [5, 5.41) is 8.84. The van der Waals surface area contributed by atoms with Crippen LogP contribution in [0.4, 0.5) is 4.79 Å². The smallest absolute Gasteiger partial charge is 0.320 e. The number of likely N-dealkylation sites (N-methyl/N-ethyl adjacent to an activating group) is 1. The number of carbonyl (C=O) groups excluding carboxylic acids is 1. The highest BCUT2D eigenvalue weighted by Gasteiger charge is 2.45. The molecular formula is C12H20N2O3. The van der Waals surface area contributed by atoms with E-state index in [0.29, 0.717) is 18.8 Å². The second kappa shape index (κ2) is 4.20. The highest BCUT2D eigenvalue weighted by molar-refractivity contribution is 5.78. The van der Waals surface area contributed by atoms with Crippen molar-refractivity contribution >= 4 is 12.0 Å². The van der Waals surface area contributed by atoms with Gasteiger partial charge in [0.2, 0.25) is 0 Å². The summed E-state index contributed by atoms with van der Waals surface area (Å²) < 4.78 is 0. The van der Waals surface area contributed by atoms with Crippen LogP contribution in [0, 0.1) is 11.8 Å².